The van der Waals surface area contributed by atoms with E-state index < -0.39 is 0 Å². The van der Waals surface area contributed by atoms with Gasteiger partial charge >= 0.3 is 6.03 Å². The number of hydrogen-bond acceptors (Lipinski definition) is 1. The molecule has 0 aliphatic carbocycles. The molecule has 0 aromatic rings. The third-order valence-corrected chi connectivity index (χ3v) is 3.89. The molecule has 2 atom stereocenters. The van der Waals surface area contributed by atoms with Crippen molar-refractivity contribution in [3.05, 3.63) is 0 Å². The lowest BCUT2D eigenvalue weighted by Crippen LogP contribution is -2.48. The lowest BCUT2D eigenvalue weighted by Gasteiger charge is -2.35. The molecule has 0 bridgehead atoms. The summed E-state index contributed by atoms with van der Waals surface area (Å²) in [5, 5.41) is 0. The van der Waals surface area contributed by atoms with Crippen LogP contribution in [0.2, 0.25) is 0 Å². The standard InChI is InChI=1S/C15H32N2O/c1-7-11-13(9-3)16(5)15(18)17(6)14(10-4)12-8-2/h13-14H,7-12H2,1-6H3. The van der Waals surface area contributed by atoms with Gasteiger partial charge in [0.1, 0.15) is 0 Å². The summed E-state index contributed by atoms with van der Waals surface area (Å²) in [5.41, 5.74) is 0. The van der Waals surface area contributed by atoms with Gasteiger partial charge in [-0.1, -0.05) is 40.5 Å². The summed E-state index contributed by atoms with van der Waals surface area (Å²) >= 11 is 0. The molecule has 0 fully saturated rings. The molecule has 0 N–H and O–H groups in total. The normalized spacial score (nSPS) is 14.1. The SMILES string of the molecule is CCCC(CC)N(C)C(=O)N(C)C(CC)CCC. The van der Waals surface area contributed by atoms with Crippen molar-refractivity contribution in [2.45, 2.75) is 78.3 Å². The largest absolute Gasteiger partial charge is 0.325 e. The van der Waals surface area contributed by atoms with Crippen molar-refractivity contribution in [2.24, 2.45) is 0 Å². The second-order valence-electron chi connectivity index (χ2n) is 5.21. The average Bonchev–Trinajstić information content (AvgIpc) is 2.39. The molecule has 0 heterocycles. The van der Waals surface area contributed by atoms with Crippen LogP contribution in [0.5, 0.6) is 0 Å². The maximum absolute atomic E-state index is 12.4. The smallest absolute Gasteiger partial charge is 0.319 e. The zero-order chi connectivity index (χ0) is 14.1. The van der Waals surface area contributed by atoms with Gasteiger partial charge in [-0.3, -0.25) is 0 Å². The highest BCUT2D eigenvalue weighted by atomic mass is 16.2. The minimum Gasteiger partial charge on any atom is -0.325 e. The van der Waals surface area contributed by atoms with Crippen molar-refractivity contribution in [1.82, 2.24) is 9.80 Å². The number of amides is 2. The van der Waals surface area contributed by atoms with Crippen LogP contribution < -0.4 is 0 Å². The Balaban J connectivity index is 4.59. The Kier molecular flexibility index (Phi) is 8.86. The fourth-order valence-corrected chi connectivity index (χ4v) is 2.57. The van der Waals surface area contributed by atoms with Crippen molar-refractivity contribution in [1.29, 1.82) is 0 Å². The summed E-state index contributed by atoms with van der Waals surface area (Å²) in [6.45, 7) is 8.67. The lowest BCUT2D eigenvalue weighted by atomic mass is 10.1. The van der Waals surface area contributed by atoms with Crippen LogP contribution in [0.4, 0.5) is 4.79 Å². The molecule has 3 nitrogen and oxygen atoms in total. The summed E-state index contributed by atoms with van der Waals surface area (Å²) in [6, 6.07) is 0.934. The minimum absolute atomic E-state index is 0.176. The van der Waals surface area contributed by atoms with Crippen molar-refractivity contribution >= 4 is 6.03 Å². The number of hydrogen-bond donors (Lipinski definition) is 0. The molecule has 0 saturated carbocycles. The van der Waals surface area contributed by atoms with Gasteiger partial charge in [0, 0.05) is 26.2 Å². The summed E-state index contributed by atoms with van der Waals surface area (Å²) in [5.74, 6) is 0. The first-order chi connectivity index (χ1) is 8.53. The molecule has 0 aliphatic rings. The number of nitrogens with zero attached hydrogens (tertiary/aromatic N) is 2. The molecule has 108 valence electrons. The third-order valence-electron chi connectivity index (χ3n) is 3.89. The molecule has 0 aromatic heterocycles. The average molecular weight is 256 g/mol. The topological polar surface area (TPSA) is 23.6 Å². The first-order valence-electron chi connectivity index (χ1n) is 7.52. The molecular formula is C15H32N2O. The molecule has 2 unspecified atom stereocenters. The highest BCUT2D eigenvalue weighted by Crippen LogP contribution is 2.15. The van der Waals surface area contributed by atoms with Crippen LogP contribution in [0.15, 0.2) is 0 Å². The number of carbonyl (C=O) groups is 1. The van der Waals surface area contributed by atoms with E-state index in [1.165, 1.54) is 0 Å². The summed E-state index contributed by atoms with van der Waals surface area (Å²) in [4.78, 5) is 16.3. The van der Waals surface area contributed by atoms with Crippen molar-refractivity contribution in [3.63, 3.8) is 0 Å². The monoisotopic (exact) mass is 256 g/mol. The van der Waals surface area contributed by atoms with Gasteiger partial charge in [0.15, 0.2) is 0 Å². The maximum Gasteiger partial charge on any atom is 0.319 e. The van der Waals surface area contributed by atoms with E-state index in [1.807, 2.05) is 23.9 Å². The second-order valence-corrected chi connectivity index (χ2v) is 5.21. The van der Waals surface area contributed by atoms with Crippen molar-refractivity contribution < 1.29 is 4.79 Å². The Labute approximate surface area is 114 Å². The highest BCUT2D eigenvalue weighted by molar-refractivity contribution is 5.74. The van der Waals surface area contributed by atoms with Crippen molar-refractivity contribution in [3.8, 4) is 0 Å². The Morgan fingerprint density at radius 1 is 0.833 bits per heavy atom. The number of urea groups is 1. The van der Waals surface area contributed by atoms with Crippen LogP contribution in [0.1, 0.15) is 66.2 Å². The van der Waals surface area contributed by atoms with Gasteiger partial charge in [0.2, 0.25) is 0 Å². The Bertz CT molecular complexity index is 209. The zero-order valence-electron chi connectivity index (χ0n) is 13.2. The molecule has 0 radical (unpaired) electrons. The molecular weight excluding hydrogens is 224 g/mol. The van der Waals surface area contributed by atoms with Gasteiger partial charge in [-0.15, -0.1) is 0 Å². The summed E-state index contributed by atoms with van der Waals surface area (Å²) < 4.78 is 0. The van der Waals surface area contributed by atoms with E-state index in [9.17, 15) is 4.79 Å². The van der Waals surface area contributed by atoms with Gasteiger partial charge in [0.25, 0.3) is 0 Å². The van der Waals surface area contributed by atoms with Gasteiger partial charge in [-0.05, 0) is 25.7 Å². The van der Waals surface area contributed by atoms with E-state index in [0.717, 1.165) is 38.5 Å². The summed E-state index contributed by atoms with van der Waals surface area (Å²) in [6.07, 6.45) is 6.52. The van der Waals surface area contributed by atoms with Gasteiger partial charge in [0.05, 0.1) is 0 Å². The molecule has 0 aromatic carbocycles. The van der Waals surface area contributed by atoms with Gasteiger partial charge in [-0.25, -0.2) is 4.79 Å². The predicted octanol–water partition coefficient (Wildman–Crippen LogP) is 4.13. The third kappa shape index (κ3) is 4.87. The van der Waals surface area contributed by atoms with E-state index in [-0.39, 0.29) is 6.03 Å². The molecule has 2 amide bonds. The number of carbonyl (C=O) groups excluding carboxylic acids is 1. The first kappa shape index (κ1) is 17.3. The number of rotatable bonds is 8. The van der Waals surface area contributed by atoms with E-state index >= 15 is 0 Å². The lowest BCUT2D eigenvalue weighted by molar-refractivity contribution is 0.132. The fourth-order valence-electron chi connectivity index (χ4n) is 2.57. The van der Waals surface area contributed by atoms with Crippen LogP contribution >= 0.6 is 0 Å². The van der Waals surface area contributed by atoms with E-state index in [0.29, 0.717) is 12.1 Å². The maximum atomic E-state index is 12.4. The molecule has 0 saturated heterocycles. The predicted molar refractivity (Wildman–Crippen MR) is 78.9 cm³/mol. The van der Waals surface area contributed by atoms with Crippen molar-refractivity contribution in [2.75, 3.05) is 14.1 Å². The van der Waals surface area contributed by atoms with Gasteiger partial charge < -0.3 is 9.80 Å². The zero-order valence-corrected chi connectivity index (χ0v) is 13.2. The molecule has 3 heteroatoms. The van der Waals surface area contributed by atoms with E-state index in [2.05, 4.69) is 27.7 Å². The van der Waals surface area contributed by atoms with Gasteiger partial charge in [-0.2, -0.15) is 0 Å². The van der Waals surface area contributed by atoms with E-state index in [4.69, 9.17) is 0 Å². The molecule has 0 rings (SSSR count). The summed E-state index contributed by atoms with van der Waals surface area (Å²) in [7, 11) is 3.89. The first-order valence-corrected chi connectivity index (χ1v) is 7.52. The molecule has 0 spiro atoms. The van der Waals surface area contributed by atoms with Crippen LogP contribution in [0.3, 0.4) is 0 Å². The van der Waals surface area contributed by atoms with Crippen LogP contribution in [-0.2, 0) is 0 Å². The second kappa shape index (κ2) is 9.23. The highest BCUT2D eigenvalue weighted by Gasteiger charge is 2.24. The minimum atomic E-state index is 0.176. The van der Waals surface area contributed by atoms with Crippen LogP contribution in [0, 0.1) is 0 Å². The quantitative estimate of drug-likeness (QED) is 0.640. The van der Waals surface area contributed by atoms with E-state index in [1.54, 1.807) is 0 Å². The Morgan fingerprint density at radius 2 is 1.17 bits per heavy atom. The fraction of sp³-hybridized carbons (Fsp3) is 0.933. The molecule has 0 aliphatic heterocycles. The molecule has 18 heavy (non-hydrogen) atoms. The Hall–Kier alpha value is -0.730. The van der Waals surface area contributed by atoms with Crippen LogP contribution in [-0.4, -0.2) is 42.0 Å². The van der Waals surface area contributed by atoms with Crippen LogP contribution in [0.25, 0.3) is 0 Å². The Morgan fingerprint density at radius 3 is 1.39 bits per heavy atom.